The number of aryl methyl sites for hydroxylation is 1. The van der Waals surface area contributed by atoms with Crippen LogP contribution in [-0.4, -0.2) is 22.2 Å². The fourth-order valence-electron chi connectivity index (χ4n) is 3.17. The van der Waals surface area contributed by atoms with Gasteiger partial charge in [0, 0.05) is 30.1 Å². The zero-order valence-electron chi connectivity index (χ0n) is 16.9. The fourth-order valence-corrected chi connectivity index (χ4v) is 3.17. The van der Waals surface area contributed by atoms with E-state index in [1.54, 1.807) is 0 Å². The Balaban J connectivity index is 1.64. The average molecular weight is 464 g/mol. The van der Waals surface area contributed by atoms with Gasteiger partial charge in [-0.3, -0.25) is 0 Å². The number of rotatable bonds is 8. The van der Waals surface area contributed by atoms with E-state index in [-0.39, 0.29) is 31.4 Å². The van der Waals surface area contributed by atoms with Crippen LogP contribution < -0.4 is 4.74 Å². The summed E-state index contributed by atoms with van der Waals surface area (Å²) in [6.07, 6.45) is -4.80. The third-order valence-corrected chi connectivity index (χ3v) is 4.76. The van der Waals surface area contributed by atoms with E-state index in [2.05, 4.69) is 14.7 Å². The molecule has 1 unspecified atom stereocenters. The van der Waals surface area contributed by atoms with Gasteiger partial charge in [0.15, 0.2) is 17.5 Å². The molecule has 0 fully saturated rings. The second kappa shape index (κ2) is 9.43. The van der Waals surface area contributed by atoms with E-state index in [4.69, 9.17) is 4.74 Å². The highest BCUT2D eigenvalue weighted by Crippen LogP contribution is 2.38. The summed E-state index contributed by atoms with van der Waals surface area (Å²) in [5.41, 5.74) is 0.117. The molecular formula is C21H19F7N2O2. The topological polar surface area (TPSA) is 44.2 Å². The molecule has 0 radical (unpaired) electrons. The third kappa shape index (κ3) is 5.56. The molecule has 0 saturated carbocycles. The predicted molar refractivity (Wildman–Crippen MR) is 98.6 cm³/mol. The van der Waals surface area contributed by atoms with Crippen molar-refractivity contribution in [3.63, 3.8) is 0 Å². The smallest absolute Gasteiger partial charge is 0.422 e. The van der Waals surface area contributed by atoms with Gasteiger partial charge >= 0.3 is 12.2 Å². The van der Waals surface area contributed by atoms with Crippen molar-refractivity contribution in [1.82, 2.24) is 9.97 Å². The molecule has 1 aromatic heterocycles. The van der Waals surface area contributed by atoms with Crippen molar-refractivity contribution in [2.75, 3.05) is 0 Å². The number of alkyl halides is 4. The van der Waals surface area contributed by atoms with Crippen LogP contribution in [0, 0.1) is 17.5 Å². The van der Waals surface area contributed by atoms with E-state index in [1.807, 2.05) is 6.92 Å². The van der Waals surface area contributed by atoms with Crippen LogP contribution in [0.25, 0.3) is 0 Å². The van der Waals surface area contributed by atoms with E-state index in [9.17, 15) is 30.7 Å². The van der Waals surface area contributed by atoms with E-state index in [1.165, 1.54) is 12.4 Å². The third-order valence-electron chi connectivity index (χ3n) is 4.76. The quantitative estimate of drug-likeness (QED) is 0.271. The van der Waals surface area contributed by atoms with Crippen LogP contribution in [0.2, 0.25) is 0 Å². The van der Waals surface area contributed by atoms with E-state index in [0.717, 1.165) is 12.5 Å². The van der Waals surface area contributed by atoms with Crippen LogP contribution in [0.5, 0.6) is 5.75 Å². The molecule has 32 heavy (non-hydrogen) atoms. The second-order valence-electron chi connectivity index (χ2n) is 7.25. The number of hydrogen-bond acceptors (Lipinski definition) is 4. The van der Waals surface area contributed by atoms with Crippen molar-refractivity contribution >= 4 is 0 Å². The van der Waals surface area contributed by atoms with Gasteiger partial charge in [-0.2, -0.15) is 17.6 Å². The molecule has 1 aromatic carbocycles. The standard InChI is InChI=1S/C21H19F7N2O2/c1-2-3-12-10-29-19(30-11-12)21(27,28)31-14-6-4-13(5-7-14)20(25,26)32-15-8-16(22)18(24)17(23)9-15/h4,8-11,14H,2-3,5-7H2,1H3. The largest absolute Gasteiger partial charge is 0.429 e. The summed E-state index contributed by atoms with van der Waals surface area (Å²) in [7, 11) is 0. The first kappa shape index (κ1) is 24.0. The number of hydrogen-bond donors (Lipinski definition) is 0. The van der Waals surface area contributed by atoms with Crippen LogP contribution in [-0.2, 0) is 17.3 Å². The van der Waals surface area contributed by atoms with Gasteiger partial charge in [0.05, 0.1) is 6.10 Å². The Kier molecular flexibility index (Phi) is 7.06. The Hall–Kier alpha value is -2.69. The Bertz CT molecular complexity index is 958. The maximum Gasteiger partial charge on any atom is 0.422 e. The van der Waals surface area contributed by atoms with Gasteiger partial charge < -0.3 is 9.47 Å². The highest BCUT2D eigenvalue weighted by molar-refractivity contribution is 5.27. The van der Waals surface area contributed by atoms with E-state index >= 15 is 0 Å². The molecule has 174 valence electrons. The SMILES string of the molecule is CCCc1cnc(C(F)(F)OC2CC=C(C(F)(F)Oc3cc(F)c(F)c(F)c3)CC2)nc1. The minimum atomic E-state index is -3.98. The molecule has 0 spiro atoms. The van der Waals surface area contributed by atoms with Gasteiger partial charge in [-0.15, -0.1) is 0 Å². The normalized spacial score (nSPS) is 17.2. The van der Waals surface area contributed by atoms with Crippen molar-refractivity contribution < 1.29 is 40.2 Å². The summed E-state index contributed by atoms with van der Waals surface area (Å²) in [6, 6.07) is 0.571. The fraction of sp³-hybridized carbons (Fsp3) is 0.429. The Morgan fingerprint density at radius 3 is 2.16 bits per heavy atom. The van der Waals surface area contributed by atoms with Crippen molar-refractivity contribution in [1.29, 1.82) is 0 Å². The predicted octanol–water partition coefficient (Wildman–Crippen LogP) is 6.06. The highest BCUT2D eigenvalue weighted by Gasteiger charge is 2.43. The van der Waals surface area contributed by atoms with Crippen molar-refractivity contribution in [2.24, 2.45) is 0 Å². The maximum absolute atomic E-state index is 14.4. The Morgan fingerprint density at radius 2 is 1.62 bits per heavy atom. The summed E-state index contributed by atoms with van der Waals surface area (Å²) in [4.78, 5) is 7.25. The Morgan fingerprint density at radius 1 is 1.00 bits per heavy atom. The zero-order valence-corrected chi connectivity index (χ0v) is 16.9. The summed E-state index contributed by atoms with van der Waals surface area (Å²) in [5.74, 6) is -6.94. The van der Waals surface area contributed by atoms with E-state index < -0.39 is 52.9 Å². The summed E-state index contributed by atoms with van der Waals surface area (Å²) < 4.78 is 106. The molecule has 11 heteroatoms. The monoisotopic (exact) mass is 464 g/mol. The van der Waals surface area contributed by atoms with Crippen LogP contribution >= 0.6 is 0 Å². The van der Waals surface area contributed by atoms with Crippen LogP contribution in [0.15, 0.2) is 36.2 Å². The molecule has 0 N–H and O–H groups in total. The maximum atomic E-state index is 14.4. The van der Waals surface area contributed by atoms with Crippen LogP contribution in [0.4, 0.5) is 30.7 Å². The molecule has 0 amide bonds. The Labute approximate surface area is 179 Å². The van der Waals surface area contributed by atoms with Gasteiger partial charge in [0.1, 0.15) is 5.75 Å². The first-order valence-electron chi connectivity index (χ1n) is 9.79. The van der Waals surface area contributed by atoms with Gasteiger partial charge in [0.2, 0.25) is 5.82 Å². The molecule has 1 aliphatic carbocycles. The lowest BCUT2D eigenvalue weighted by molar-refractivity contribution is -0.279. The number of nitrogens with zero attached hydrogens (tertiary/aromatic N) is 2. The minimum absolute atomic E-state index is 0.194. The molecule has 0 saturated heterocycles. The molecule has 1 heterocycles. The minimum Gasteiger partial charge on any atom is -0.429 e. The zero-order chi connectivity index (χ0) is 23.5. The molecule has 0 aliphatic heterocycles. The highest BCUT2D eigenvalue weighted by atomic mass is 19.3. The molecular weight excluding hydrogens is 445 g/mol. The first-order valence-corrected chi connectivity index (χ1v) is 9.79. The van der Waals surface area contributed by atoms with Crippen LogP contribution in [0.3, 0.4) is 0 Å². The van der Waals surface area contributed by atoms with Gasteiger partial charge in [0.25, 0.3) is 0 Å². The molecule has 1 atom stereocenters. The van der Waals surface area contributed by atoms with E-state index in [0.29, 0.717) is 12.0 Å². The van der Waals surface area contributed by atoms with Gasteiger partial charge in [-0.25, -0.2) is 23.1 Å². The van der Waals surface area contributed by atoms with Crippen LogP contribution in [0.1, 0.15) is 44.0 Å². The van der Waals surface area contributed by atoms with Crippen molar-refractivity contribution in [3.8, 4) is 5.75 Å². The second-order valence-corrected chi connectivity index (χ2v) is 7.25. The van der Waals surface area contributed by atoms with Gasteiger partial charge in [-0.1, -0.05) is 19.4 Å². The summed E-state index contributed by atoms with van der Waals surface area (Å²) in [6.45, 7) is 1.92. The molecule has 2 aromatic rings. The van der Waals surface area contributed by atoms with Gasteiger partial charge in [-0.05, 0) is 31.2 Å². The van der Waals surface area contributed by atoms with Crippen molar-refractivity contribution in [3.05, 3.63) is 65.0 Å². The molecule has 4 nitrogen and oxygen atoms in total. The lowest BCUT2D eigenvalue weighted by Gasteiger charge is -2.29. The lowest BCUT2D eigenvalue weighted by Crippen LogP contribution is -2.33. The number of ether oxygens (including phenoxy) is 2. The summed E-state index contributed by atoms with van der Waals surface area (Å²) >= 11 is 0. The first-order chi connectivity index (χ1) is 15.0. The van der Waals surface area contributed by atoms with Crippen molar-refractivity contribution in [2.45, 2.75) is 57.3 Å². The molecule has 3 rings (SSSR count). The average Bonchev–Trinajstić information content (AvgIpc) is 2.72. The number of aromatic nitrogens is 2. The molecule has 0 bridgehead atoms. The summed E-state index contributed by atoms with van der Waals surface area (Å²) in [5, 5.41) is 0. The molecule has 1 aliphatic rings. The number of halogens is 7. The number of benzene rings is 1. The lowest BCUT2D eigenvalue weighted by atomic mass is 9.96.